The maximum Gasteiger partial charge on any atom is 0.270 e. The van der Waals surface area contributed by atoms with Gasteiger partial charge in [-0.25, -0.2) is 0 Å². The third kappa shape index (κ3) is 3.55. The zero-order valence-electron chi connectivity index (χ0n) is 12.9. The quantitative estimate of drug-likeness (QED) is 0.499. The lowest BCUT2D eigenvalue weighted by Gasteiger charge is -2.15. The van der Waals surface area contributed by atoms with E-state index in [4.69, 9.17) is 17.0 Å². The topological polar surface area (TPSA) is 29.5 Å². The van der Waals surface area contributed by atoms with Gasteiger partial charge in [0.25, 0.3) is 5.91 Å². The van der Waals surface area contributed by atoms with Crippen LogP contribution in [-0.2, 0) is 4.79 Å². The van der Waals surface area contributed by atoms with E-state index in [1.54, 1.807) is 4.90 Å². The normalized spacial score (nSPS) is 16.1. The number of hydrogen-bond acceptors (Lipinski definition) is 4. The van der Waals surface area contributed by atoms with Crippen molar-refractivity contribution >= 4 is 61.9 Å². The van der Waals surface area contributed by atoms with Gasteiger partial charge in [0.15, 0.2) is 4.32 Å². The van der Waals surface area contributed by atoms with E-state index in [0.29, 0.717) is 15.8 Å². The number of amides is 1. The van der Waals surface area contributed by atoms with Crippen LogP contribution < -0.4 is 9.64 Å². The minimum absolute atomic E-state index is 0.107. The van der Waals surface area contributed by atoms with Crippen molar-refractivity contribution in [3.63, 3.8) is 0 Å². The van der Waals surface area contributed by atoms with E-state index < -0.39 is 0 Å². The third-order valence-corrected chi connectivity index (χ3v) is 5.42. The number of rotatable bonds is 4. The van der Waals surface area contributed by atoms with Gasteiger partial charge in [-0.05, 0) is 48.9 Å². The van der Waals surface area contributed by atoms with Gasteiger partial charge in [-0.2, -0.15) is 0 Å². The fourth-order valence-electron chi connectivity index (χ4n) is 2.28. The maximum atomic E-state index is 12.7. The van der Waals surface area contributed by atoms with Gasteiger partial charge in [-0.15, -0.1) is 0 Å². The SMILES string of the molecule is CCOc1ccc(N2C(=O)/C(=C/c3ccccc3Br)SC2=S)cc1. The predicted octanol–water partition coefficient (Wildman–Crippen LogP) is 5.25. The smallest absolute Gasteiger partial charge is 0.270 e. The number of carbonyl (C=O) groups excluding carboxylic acids is 1. The Morgan fingerprint density at radius 2 is 1.92 bits per heavy atom. The summed E-state index contributed by atoms with van der Waals surface area (Å²) < 4.78 is 6.90. The molecule has 0 N–H and O–H groups in total. The molecule has 1 aliphatic heterocycles. The highest BCUT2D eigenvalue weighted by Gasteiger charge is 2.33. The Balaban J connectivity index is 1.88. The Hall–Kier alpha value is -1.63. The van der Waals surface area contributed by atoms with Crippen LogP contribution in [-0.4, -0.2) is 16.8 Å². The fraction of sp³-hybridized carbons (Fsp3) is 0.111. The van der Waals surface area contributed by atoms with Crippen molar-refractivity contribution in [1.29, 1.82) is 0 Å². The third-order valence-electron chi connectivity index (χ3n) is 3.39. The van der Waals surface area contributed by atoms with E-state index in [0.717, 1.165) is 21.5 Å². The van der Waals surface area contributed by atoms with Gasteiger partial charge in [0.2, 0.25) is 0 Å². The molecular weight excluding hydrogens is 406 g/mol. The molecule has 1 fully saturated rings. The molecule has 1 aliphatic rings. The highest BCUT2D eigenvalue weighted by atomic mass is 79.9. The van der Waals surface area contributed by atoms with Crippen LogP contribution in [0.25, 0.3) is 6.08 Å². The first-order valence-electron chi connectivity index (χ1n) is 7.35. The van der Waals surface area contributed by atoms with Crippen molar-refractivity contribution in [1.82, 2.24) is 0 Å². The lowest BCUT2D eigenvalue weighted by atomic mass is 10.2. The van der Waals surface area contributed by atoms with Crippen LogP contribution in [0.3, 0.4) is 0 Å². The van der Waals surface area contributed by atoms with Gasteiger partial charge in [-0.3, -0.25) is 9.69 Å². The van der Waals surface area contributed by atoms with Crippen molar-refractivity contribution in [2.75, 3.05) is 11.5 Å². The molecule has 0 aliphatic carbocycles. The summed E-state index contributed by atoms with van der Waals surface area (Å²) in [5, 5.41) is 0. The molecule has 1 heterocycles. The van der Waals surface area contributed by atoms with Gasteiger partial charge in [-0.1, -0.05) is 58.1 Å². The second-order valence-electron chi connectivity index (χ2n) is 4.97. The van der Waals surface area contributed by atoms with Crippen molar-refractivity contribution in [3.05, 3.63) is 63.5 Å². The molecule has 3 rings (SSSR count). The van der Waals surface area contributed by atoms with Crippen LogP contribution in [0, 0.1) is 0 Å². The lowest BCUT2D eigenvalue weighted by Crippen LogP contribution is -2.27. The first-order chi connectivity index (χ1) is 11.6. The number of benzene rings is 2. The molecule has 0 spiro atoms. The van der Waals surface area contributed by atoms with Gasteiger partial charge in [0, 0.05) is 4.47 Å². The van der Waals surface area contributed by atoms with Crippen LogP contribution in [0.5, 0.6) is 5.75 Å². The Morgan fingerprint density at radius 3 is 2.58 bits per heavy atom. The number of carbonyl (C=O) groups is 1. The summed E-state index contributed by atoms with van der Waals surface area (Å²) in [6.07, 6.45) is 1.86. The number of thioether (sulfide) groups is 1. The summed E-state index contributed by atoms with van der Waals surface area (Å²) in [5.41, 5.74) is 1.70. The van der Waals surface area contributed by atoms with E-state index in [-0.39, 0.29) is 5.91 Å². The molecule has 0 saturated carbocycles. The van der Waals surface area contributed by atoms with Crippen LogP contribution in [0.15, 0.2) is 57.9 Å². The minimum atomic E-state index is -0.107. The monoisotopic (exact) mass is 419 g/mol. The van der Waals surface area contributed by atoms with E-state index in [1.807, 2.05) is 61.5 Å². The largest absolute Gasteiger partial charge is 0.494 e. The number of halogens is 1. The van der Waals surface area contributed by atoms with Crippen molar-refractivity contribution in [2.24, 2.45) is 0 Å². The second kappa shape index (κ2) is 7.51. The van der Waals surface area contributed by atoms with Gasteiger partial charge in [0.05, 0.1) is 17.2 Å². The molecule has 24 heavy (non-hydrogen) atoms. The molecule has 0 bridgehead atoms. The maximum absolute atomic E-state index is 12.7. The highest BCUT2D eigenvalue weighted by Crippen LogP contribution is 2.37. The molecule has 3 nitrogen and oxygen atoms in total. The molecule has 1 saturated heterocycles. The lowest BCUT2D eigenvalue weighted by molar-refractivity contribution is -0.113. The van der Waals surface area contributed by atoms with Crippen molar-refractivity contribution < 1.29 is 9.53 Å². The van der Waals surface area contributed by atoms with Crippen LogP contribution >= 0.6 is 39.9 Å². The zero-order valence-corrected chi connectivity index (χ0v) is 16.1. The summed E-state index contributed by atoms with van der Waals surface area (Å²) >= 11 is 10.2. The summed E-state index contributed by atoms with van der Waals surface area (Å²) in [7, 11) is 0. The van der Waals surface area contributed by atoms with E-state index in [1.165, 1.54) is 11.8 Å². The second-order valence-corrected chi connectivity index (χ2v) is 7.50. The Morgan fingerprint density at radius 1 is 1.21 bits per heavy atom. The summed E-state index contributed by atoms with van der Waals surface area (Å²) in [6.45, 7) is 2.54. The number of anilines is 1. The summed E-state index contributed by atoms with van der Waals surface area (Å²) in [5.74, 6) is 0.667. The minimum Gasteiger partial charge on any atom is -0.494 e. The van der Waals surface area contributed by atoms with E-state index in [9.17, 15) is 4.79 Å². The first-order valence-corrected chi connectivity index (χ1v) is 9.37. The fourth-order valence-corrected chi connectivity index (χ4v) is 3.97. The van der Waals surface area contributed by atoms with E-state index in [2.05, 4.69) is 15.9 Å². The molecule has 0 atom stereocenters. The average Bonchev–Trinajstić information content (AvgIpc) is 2.85. The number of thiocarbonyl (C=S) groups is 1. The average molecular weight is 420 g/mol. The van der Waals surface area contributed by atoms with Crippen LogP contribution in [0.2, 0.25) is 0 Å². The Labute approximate surface area is 158 Å². The van der Waals surface area contributed by atoms with Gasteiger partial charge < -0.3 is 4.74 Å². The molecule has 2 aromatic carbocycles. The van der Waals surface area contributed by atoms with E-state index >= 15 is 0 Å². The summed E-state index contributed by atoms with van der Waals surface area (Å²) in [6, 6.07) is 15.1. The standard InChI is InChI=1S/C18H14BrNO2S2/c1-2-22-14-9-7-13(8-10-14)20-17(21)16(24-18(20)23)11-12-5-3-4-6-15(12)19/h3-11H,2H2,1H3/b16-11-. The molecule has 2 aromatic rings. The zero-order chi connectivity index (χ0) is 17.1. The molecular formula is C18H14BrNO2S2. The molecule has 0 aromatic heterocycles. The van der Waals surface area contributed by atoms with Crippen molar-refractivity contribution in [2.45, 2.75) is 6.92 Å². The van der Waals surface area contributed by atoms with Gasteiger partial charge in [0.1, 0.15) is 5.75 Å². The molecule has 1 amide bonds. The Bertz CT molecular complexity index is 818. The number of nitrogens with zero attached hydrogens (tertiary/aromatic N) is 1. The first kappa shape index (κ1) is 17.2. The predicted molar refractivity (Wildman–Crippen MR) is 107 cm³/mol. The summed E-state index contributed by atoms with van der Waals surface area (Å²) in [4.78, 5) is 14.9. The Kier molecular flexibility index (Phi) is 5.38. The molecule has 122 valence electrons. The number of ether oxygens (including phenoxy) is 1. The van der Waals surface area contributed by atoms with Crippen LogP contribution in [0.1, 0.15) is 12.5 Å². The number of hydrogen-bond donors (Lipinski definition) is 0. The van der Waals surface area contributed by atoms with Crippen molar-refractivity contribution in [3.8, 4) is 5.75 Å². The molecule has 0 radical (unpaired) electrons. The molecule has 6 heteroatoms. The van der Waals surface area contributed by atoms with Crippen LogP contribution in [0.4, 0.5) is 5.69 Å². The highest BCUT2D eigenvalue weighted by molar-refractivity contribution is 9.10. The molecule has 0 unspecified atom stereocenters. The van der Waals surface area contributed by atoms with Gasteiger partial charge >= 0.3 is 0 Å².